The number of hydrogen-bond donors (Lipinski definition) is 1. The fourth-order valence-electron chi connectivity index (χ4n) is 3.31. The molecule has 3 aromatic heterocycles. The van der Waals surface area contributed by atoms with E-state index in [9.17, 15) is 4.79 Å². The number of imidazole rings is 1. The number of pyridine rings is 2. The fourth-order valence-corrected chi connectivity index (χ4v) is 3.31. The number of nitrogens with one attached hydrogen (secondary N) is 1. The van der Waals surface area contributed by atoms with Gasteiger partial charge in [-0.05, 0) is 35.9 Å². The Labute approximate surface area is 184 Å². The third kappa shape index (κ3) is 4.17. The van der Waals surface area contributed by atoms with Crippen molar-refractivity contribution in [3.63, 3.8) is 0 Å². The Hall–Kier alpha value is -4.52. The minimum atomic E-state index is -0.264. The number of nitrogens with zero attached hydrogens (tertiary/aromatic N) is 4. The molecule has 2 aromatic carbocycles. The number of para-hydroxylation sites is 2. The van der Waals surface area contributed by atoms with Crippen molar-refractivity contribution < 1.29 is 9.53 Å². The van der Waals surface area contributed by atoms with E-state index in [1.54, 1.807) is 30.9 Å². The highest BCUT2D eigenvalue weighted by Crippen LogP contribution is 2.18. The first-order valence-corrected chi connectivity index (χ1v) is 10.1. The van der Waals surface area contributed by atoms with Crippen LogP contribution in [0.4, 0.5) is 5.69 Å². The minimum Gasteiger partial charge on any atom is -0.473 e. The minimum absolute atomic E-state index is 0.264. The van der Waals surface area contributed by atoms with E-state index in [1.165, 1.54) is 0 Å². The van der Waals surface area contributed by atoms with Gasteiger partial charge in [-0.15, -0.1) is 0 Å². The normalized spacial score (nSPS) is 10.8. The Morgan fingerprint density at radius 2 is 1.75 bits per heavy atom. The number of hydrogen-bond acceptors (Lipinski definition) is 5. The monoisotopic (exact) mass is 421 g/mol. The number of amides is 1. The van der Waals surface area contributed by atoms with Gasteiger partial charge in [0.05, 0.1) is 22.9 Å². The van der Waals surface area contributed by atoms with Crippen molar-refractivity contribution in [2.45, 2.75) is 6.61 Å². The van der Waals surface area contributed by atoms with Gasteiger partial charge in [0.2, 0.25) is 5.88 Å². The number of aromatic nitrogens is 4. The van der Waals surface area contributed by atoms with Crippen LogP contribution < -0.4 is 10.1 Å². The van der Waals surface area contributed by atoms with Crippen LogP contribution in [0.2, 0.25) is 0 Å². The maximum atomic E-state index is 12.7. The first kappa shape index (κ1) is 19.4. The summed E-state index contributed by atoms with van der Waals surface area (Å²) in [6.45, 7) is 0.382. The number of ether oxygens (including phenoxy) is 1. The molecule has 5 aromatic rings. The van der Waals surface area contributed by atoms with Gasteiger partial charge in [-0.2, -0.15) is 0 Å². The lowest BCUT2D eigenvalue weighted by atomic mass is 10.2. The molecule has 32 heavy (non-hydrogen) atoms. The molecule has 0 spiro atoms. The Balaban J connectivity index is 1.27. The van der Waals surface area contributed by atoms with Crippen LogP contribution in [0.3, 0.4) is 0 Å². The van der Waals surface area contributed by atoms with Crippen LogP contribution in [-0.2, 0) is 6.61 Å². The average Bonchev–Trinajstić information content (AvgIpc) is 3.28. The van der Waals surface area contributed by atoms with Crippen molar-refractivity contribution >= 4 is 22.6 Å². The molecule has 7 heteroatoms. The van der Waals surface area contributed by atoms with E-state index in [1.807, 2.05) is 71.3 Å². The van der Waals surface area contributed by atoms with E-state index >= 15 is 0 Å². The molecular weight excluding hydrogens is 402 g/mol. The third-order valence-electron chi connectivity index (χ3n) is 4.93. The van der Waals surface area contributed by atoms with Crippen molar-refractivity contribution in [1.29, 1.82) is 0 Å². The Morgan fingerprint density at radius 1 is 0.906 bits per heavy atom. The zero-order chi connectivity index (χ0) is 21.8. The first-order chi connectivity index (χ1) is 15.8. The number of anilines is 1. The topological polar surface area (TPSA) is 81.9 Å². The van der Waals surface area contributed by atoms with E-state index in [2.05, 4.69) is 20.3 Å². The van der Waals surface area contributed by atoms with Gasteiger partial charge in [-0.3, -0.25) is 9.36 Å². The maximum absolute atomic E-state index is 12.7. The van der Waals surface area contributed by atoms with Gasteiger partial charge in [0, 0.05) is 17.8 Å². The summed E-state index contributed by atoms with van der Waals surface area (Å²) in [5.41, 5.74) is 3.94. The van der Waals surface area contributed by atoms with Gasteiger partial charge in [-0.25, -0.2) is 15.0 Å². The quantitative estimate of drug-likeness (QED) is 0.432. The molecule has 0 unspecified atom stereocenters. The number of rotatable bonds is 6. The summed E-state index contributed by atoms with van der Waals surface area (Å²) < 4.78 is 7.62. The number of carbonyl (C=O) groups is 1. The number of carbonyl (C=O) groups excluding carboxylic acids is 1. The molecule has 0 fully saturated rings. The van der Waals surface area contributed by atoms with Crippen LogP contribution in [0.15, 0.2) is 97.6 Å². The molecule has 0 atom stereocenters. The second-order valence-corrected chi connectivity index (χ2v) is 7.12. The van der Waals surface area contributed by atoms with Crippen LogP contribution in [-0.4, -0.2) is 25.4 Å². The van der Waals surface area contributed by atoms with Crippen LogP contribution in [0.1, 0.15) is 15.9 Å². The SMILES string of the molecule is O=C(Nc1ccc(-n2cnc3ccccc32)nc1)c1ccnc(OCc2ccccc2)c1. The smallest absolute Gasteiger partial charge is 0.255 e. The van der Waals surface area contributed by atoms with Crippen LogP contribution in [0.25, 0.3) is 16.9 Å². The van der Waals surface area contributed by atoms with Crippen molar-refractivity contribution in [1.82, 2.24) is 19.5 Å². The van der Waals surface area contributed by atoms with Gasteiger partial charge in [0.15, 0.2) is 0 Å². The molecule has 156 valence electrons. The van der Waals surface area contributed by atoms with E-state index in [-0.39, 0.29) is 5.91 Å². The highest BCUT2D eigenvalue weighted by molar-refractivity contribution is 6.04. The lowest BCUT2D eigenvalue weighted by molar-refractivity contribution is 0.102. The van der Waals surface area contributed by atoms with Crippen molar-refractivity contribution in [3.05, 3.63) is 109 Å². The van der Waals surface area contributed by atoms with Crippen LogP contribution >= 0.6 is 0 Å². The summed E-state index contributed by atoms with van der Waals surface area (Å²) in [6.07, 6.45) is 4.91. The first-order valence-electron chi connectivity index (χ1n) is 10.1. The number of fused-ring (bicyclic) bond motifs is 1. The molecule has 1 N–H and O–H groups in total. The summed E-state index contributed by atoms with van der Waals surface area (Å²) in [4.78, 5) is 25.7. The van der Waals surface area contributed by atoms with Gasteiger partial charge in [-0.1, -0.05) is 42.5 Å². The van der Waals surface area contributed by atoms with E-state index < -0.39 is 0 Å². The zero-order valence-electron chi connectivity index (χ0n) is 17.1. The second-order valence-electron chi connectivity index (χ2n) is 7.12. The summed E-state index contributed by atoms with van der Waals surface area (Å²) in [7, 11) is 0. The highest BCUT2D eigenvalue weighted by atomic mass is 16.5. The predicted octanol–water partition coefficient (Wildman–Crippen LogP) is 4.65. The molecule has 0 aliphatic heterocycles. The molecule has 0 saturated carbocycles. The standard InChI is InChI=1S/C25H19N5O2/c31-25(19-12-13-26-24(14-19)32-16-18-6-2-1-3-7-18)29-20-10-11-23(27-15-20)30-17-28-21-8-4-5-9-22(21)30/h1-15,17H,16H2,(H,29,31). The lowest BCUT2D eigenvalue weighted by Gasteiger charge is -2.09. The Bertz CT molecular complexity index is 1360. The largest absolute Gasteiger partial charge is 0.473 e. The summed E-state index contributed by atoms with van der Waals surface area (Å²) >= 11 is 0. The highest BCUT2D eigenvalue weighted by Gasteiger charge is 2.10. The Morgan fingerprint density at radius 3 is 2.59 bits per heavy atom. The van der Waals surface area contributed by atoms with Gasteiger partial charge >= 0.3 is 0 Å². The predicted molar refractivity (Wildman–Crippen MR) is 122 cm³/mol. The van der Waals surface area contributed by atoms with E-state index in [0.29, 0.717) is 23.7 Å². The lowest BCUT2D eigenvalue weighted by Crippen LogP contribution is -2.12. The Kier molecular flexibility index (Phi) is 5.28. The maximum Gasteiger partial charge on any atom is 0.255 e. The average molecular weight is 421 g/mol. The van der Waals surface area contributed by atoms with Crippen molar-refractivity contribution in [2.24, 2.45) is 0 Å². The molecule has 0 saturated heterocycles. The molecule has 0 bridgehead atoms. The molecule has 0 aliphatic rings. The van der Waals surface area contributed by atoms with Crippen molar-refractivity contribution in [2.75, 3.05) is 5.32 Å². The molecule has 0 radical (unpaired) electrons. The van der Waals surface area contributed by atoms with Crippen molar-refractivity contribution in [3.8, 4) is 11.7 Å². The van der Waals surface area contributed by atoms with Crippen LogP contribution in [0, 0.1) is 0 Å². The van der Waals surface area contributed by atoms with E-state index in [4.69, 9.17) is 4.74 Å². The van der Waals surface area contributed by atoms with Gasteiger partial charge in [0.25, 0.3) is 5.91 Å². The molecular formula is C25H19N5O2. The fraction of sp³-hybridized carbons (Fsp3) is 0.0400. The van der Waals surface area contributed by atoms with E-state index in [0.717, 1.165) is 22.4 Å². The number of benzene rings is 2. The summed E-state index contributed by atoms with van der Waals surface area (Å²) in [5, 5.41) is 2.86. The molecule has 7 nitrogen and oxygen atoms in total. The zero-order valence-corrected chi connectivity index (χ0v) is 17.1. The third-order valence-corrected chi connectivity index (χ3v) is 4.93. The van der Waals surface area contributed by atoms with Gasteiger partial charge < -0.3 is 10.1 Å². The van der Waals surface area contributed by atoms with Gasteiger partial charge in [0.1, 0.15) is 18.8 Å². The molecule has 5 rings (SSSR count). The summed E-state index contributed by atoms with van der Waals surface area (Å²) in [5.74, 6) is 0.846. The molecule has 3 heterocycles. The summed E-state index contributed by atoms with van der Waals surface area (Å²) in [6, 6.07) is 24.5. The molecule has 1 amide bonds. The molecule has 0 aliphatic carbocycles. The van der Waals surface area contributed by atoms with Crippen LogP contribution in [0.5, 0.6) is 5.88 Å². The second kappa shape index (κ2) is 8.69.